The van der Waals surface area contributed by atoms with E-state index >= 15 is 0 Å². The van der Waals surface area contributed by atoms with Crippen molar-refractivity contribution in [1.29, 1.82) is 0 Å². The zero-order valence-electron chi connectivity index (χ0n) is 10.0. The minimum absolute atomic E-state index is 0.284. The Bertz CT molecular complexity index is 651. The van der Waals surface area contributed by atoms with Crippen LogP contribution in [-0.4, -0.2) is 0 Å². The van der Waals surface area contributed by atoms with Crippen molar-refractivity contribution in [1.82, 2.24) is 0 Å². The number of fused-ring (bicyclic) bond motifs is 2. The fourth-order valence-electron chi connectivity index (χ4n) is 2.45. The molecule has 1 aliphatic rings. The summed E-state index contributed by atoms with van der Waals surface area (Å²) in [7, 11) is 0. The van der Waals surface area contributed by atoms with Gasteiger partial charge in [0.15, 0.2) is 0 Å². The fourth-order valence-corrected chi connectivity index (χ4v) is 2.45. The highest BCUT2D eigenvalue weighted by Crippen LogP contribution is 2.36. The van der Waals surface area contributed by atoms with Crippen molar-refractivity contribution in [2.75, 3.05) is 0 Å². The zero-order chi connectivity index (χ0) is 13.5. The Hall–Kier alpha value is -2.03. The Balaban J connectivity index is 2.19. The van der Waals surface area contributed by atoms with E-state index in [1.165, 1.54) is 6.07 Å². The highest BCUT2D eigenvalue weighted by atomic mass is 19.4. The van der Waals surface area contributed by atoms with Gasteiger partial charge in [0.2, 0.25) is 0 Å². The normalized spacial score (nSPS) is 13.6. The van der Waals surface area contributed by atoms with Crippen LogP contribution in [0.2, 0.25) is 0 Å². The maximum Gasteiger partial charge on any atom is 0.416 e. The van der Waals surface area contributed by atoms with Crippen LogP contribution < -0.4 is 0 Å². The van der Waals surface area contributed by atoms with Crippen LogP contribution in [0.5, 0.6) is 0 Å². The van der Waals surface area contributed by atoms with Crippen LogP contribution in [0, 0.1) is 0 Å². The van der Waals surface area contributed by atoms with Gasteiger partial charge in [0.25, 0.3) is 0 Å². The van der Waals surface area contributed by atoms with Crippen LogP contribution in [0.15, 0.2) is 42.5 Å². The molecule has 3 heteroatoms. The summed E-state index contributed by atoms with van der Waals surface area (Å²) in [5.41, 5.74) is 2.47. The van der Waals surface area contributed by atoms with Crippen LogP contribution in [0.4, 0.5) is 13.2 Å². The van der Waals surface area contributed by atoms with E-state index in [2.05, 4.69) is 0 Å². The van der Waals surface area contributed by atoms with Crippen LogP contribution >= 0.6 is 0 Å². The Kier molecular flexibility index (Phi) is 2.70. The molecule has 0 spiro atoms. The maximum atomic E-state index is 13.0. The van der Waals surface area contributed by atoms with E-state index in [1.807, 2.05) is 24.3 Å². The molecular weight excluding hydrogens is 249 g/mol. The van der Waals surface area contributed by atoms with Gasteiger partial charge >= 0.3 is 6.18 Å². The first-order valence-corrected chi connectivity index (χ1v) is 6.01. The number of hydrogen-bond donors (Lipinski definition) is 0. The molecule has 0 saturated carbocycles. The summed E-state index contributed by atoms with van der Waals surface area (Å²) in [6.07, 6.45) is -0.449. The van der Waals surface area contributed by atoms with Crippen LogP contribution in [0.1, 0.15) is 27.8 Å². The van der Waals surface area contributed by atoms with E-state index in [4.69, 9.17) is 0 Å². The van der Waals surface area contributed by atoms with Crippen LogP contribution in [0.3, 0.4) is 0 Å². The van der Waals surface area contributed by atoms with Crippen molar-refractivity contribution in [3.8, 4) is 0 Å². The lowest BCUT2D eigenvalue weighted by molar-refractivity contribution is -0.137. The van der Waals surface area contributed by atoms with E-state index in [-0.39, 0.29) is 5.56 Å². The predicted molar refractivity (Wildman–Crippen MR) is 69.6 cm³/mol. The molecule has 19 heavy (non-hydrogen) atoms. The summed E-state index contributed by atoms with van der Waals surface area (Å²) in [5, 5.41) is 0. The molecule has 3 rings (SSSR count). The predicted octanol–water partition coefficient (Wildman–Crippen LogP) is 4.78. The standard InChI is InChI=1S/C16H11F3/c17-16(18,19)15-7-3-6-13-10-12-5-2-1-4-11(12)8-9-14(13)15/h1-9H,10H2. The third-order valence-corrected chi connectivity index (χ3v) is 3.37. The molecular formula is C16H11F3. The Labute approximate surface area is 109 Å². The highest BCUT2D eigenvalue weighted by molar-refractivity contribution is 5.77. The third kappa shape index (κ3) is 2.16. The molecule has 0 radical (unpaired) electrons. The molecule has 2 aromatic carbocycles. The minimum atomic E-state index is -4.31. The Morgan fingerprint density at radius 3 is 2.32 bits per heavy atom. The first-order valence-electron chi connectivity index (χ1n) is 6.01. The van der Waals surface area contributed by atoms with Crippen molar-refractivity contribution in [2.45, 2.75) is 12.6 Å². The molecule has 0 aliphatic heterocycles. The van der Waals surface area contributed by atoms with Gasteiger partial charge in [-0.15, -0.1) is 0 Å². The first kappa shape index (κ1) is 12.0. The average molecular weight is 260 g/mol. The SMILES string of the molecule is FC(F)(F)c1cccc2c1C=Cc1ccccc1C2. The lowest BCUT2D eigenvalue weighted by atomic mass is 9.96. The summed E-state index contributed by atoms with van der Waals surface area (Å²) in [6.45, 7) is 0. The number of rotatable bonds is 0. The van der Waals surface area contributed by atoms with Gasteiger partial charge in [-0.3, -0.25) is 0 Å². The topological polar surface area (TPSA) is 0 Å². The average Bonchev–Trinajstić information content (AvgIpc) is 2.55. The third-order valence-electron chi connectivity index (χ3n) is 3.37. The second kappa shape index (κ2) is 4.26. The molecule has 0 bridgehead atoms. The van der Waals surface area contributed by atoms with Gasteiger partial charge in [0.05, 0.1) is 5.56 Å². The monoisotopic (exact) mass is 260 g/mol. The number of hydrogen-bond acceptors (Lipinski definition) is 0. The number of benzene rings is 2. The number of alkyl halides is 3. The van der Waals surface area contributed by atoms with E-state index in [0.717, 1.165) is 22.8 Å². The molecule has 0 nitrogen and oxygen atoms in total. The summed E-state index contributed by atoms with van der Waals surface area (Å²) in [5.74, 6) is 0. The molecule has 1 aliphatic carbocycles. The van der Waals surface area contributed by atoms with Gasteiger partial charge in [0.1, 0.15) is 0 Å². The van der Waals surface area contributed by atoms with Crippen molar-refractivity contribution in [3.05, 3.63) is 70.3 Å². The second-order valence-electron chi connectivity index (χ2n) is 4.59. The second-order valence-corrected chi connectivity index (χ2v) is 4.59. The smallest absolute Gasteiger partial charge is 0.166 e. The van der Waals surface area contributed by atoms with Crippen molar-refractivity contribution < 1.29 is 13.2 Å². The summed E-state index contributed by atoms with van der Waals surface area (Å²) >= 11 is 0. The van der Waals surface area contributed by atoms with E-state index in [9.17, 15) is 13.2 Å². The summed E-state index contributed by atoms with van der Waals surface area (Å²) < 4.78 is 39.0. The van der Waals surface area contributed by atoms with Gasteiger partial charge in [-0.05, 0) is 34.7 Å². The van der Waals surface area contributed by atoms with E-state index in [1.54, 1.807) is 18.2 Å². The van der Waals surface area contributed by atoms with Gasteiger partial charge in [-0.25, -0.2) is 0 Å². The number of halogens is 3. The molecule has 0 heterocycles. The molecule has 0 aromatic heterocycles. The quantitative estimate of drug-likeness (QED) is 0.545. The summed E-state index contributed by atoms with van der Waals surface area (Å²) in [6, 6.07) is 12.1. The largest absolute Gasteiger partial charge is 0.416 e. The van der Waals surface area contributed by atoms with Gasteiger partial charge < -0.3 is 0 Å². The van der Waals surface area contributed by atoms with Gasteiger partial charge in [-0.1, -0.05) is 48.6 Å². The fraction of sp³-hybridized carbons (Fsp3) is 0.125. The van der Waals surface area contributed by atoms with E-state index < -0.39 is 11.7 Å². The molecule has 0 fully saturated rings. The van der Waals surface area contributed by atoms with Crippen molar-refractivity contribution in [2.24, 2.45) is 0 Å². The van der Waals surface area contributed by atoms with Crippen molar-refractivity contribution >= 4 is 12.2 Å². The molecule has 0 atom stereocenters. The molecule has 0 saturated heterocycles. The van der Waals surface area contributed by atoms with Gasteiger partial charge in [0, 0.05) is 0 Å². The van der Waals surface area contributed by atoms with Crippen LogP contribution in [-0.2, 0) is 12.6 Å². The highest BCUT2D eigenvalue weighted by Gasteiger charge is 2.33. The van der Waals surface area contributed by atoms with Crippen LogP contribution in [0.25, 0.3) is 12.2 Å². The molecule has 2 aromatic rings. The molecule has 0 unspecified atom stereocenters. The zero-order valence-corrected chi connectivity index (χ0v) is 10.0. The molecule has 0 amide bonds. The minimum Gasteiger partial charge on any atom is -0.166 e. The lowest BCUT2D eigenvalue weighted by Crippen LogP contribution is -2.09. The first-order chi connectivity index (χ1) is 9.05. The van der Waals surface area contributed by atoms with Gasteiger partial charge in [-0.2, -0.15) is 13.2 Å². The Morgan fingerprint density at radius 1 is 0.789 bits per heavy atom. The van der Waals surface area contributed by atoms with E-state index in [0.29, 0.717) is 6.42 Å². The summed E-state index contributed by atoms with van der Waals surface area (Å²) in [4.78, 5) is 0. The Morgan fingerprint density at radius 2 is 1.53 bits per heavy atom. The molecule has 0 N–H and O–H groups in total. The van der Waals surface area contributed by atoms with Crippen molar-refractivity contribution in [3.63, 3.8) is 0 Å². The molecule has 96 valence electrons. The maximum absolute atomic E-state index is 13.0. The lowest BCUT2D eigenvalue weighted by Gasteiger charge is -2.13.